The van der Waals surface area contributed by atoms with E-state index in [1.807, 2.05) is 6.07 Å². The summed E-state index contributed by atoms with van der Waals surface area (Å²) in [6.45, 7) is 0.700. The highest BCUT2D eigenvalue weighted by Gasteiger charge is 2.45. The van der Waals surface area contributed by atoms with E-state index in [1.165, 1.54) is 33.3 Å². The van der Waals surface area contributed by atoms with E-state index in [4.69, 9.17) is 18.9 Å². The Morgan fingerprint density at radius 3 is 2.24 bits per heavy atom. The van der Waals surface area contributed by atoms with Crippen LogP contribution in [-0.2, 0) is 17.6 Å². The monoisotopic (exact) mass is 478 g/mol. The van der Waals surface area contributed by atoms with E-state index in [2.05, 4.69) is 0 Å². The van der Waals surface area contributed by atoms with Gasteiger partial charge in [0.1, 0.15) is 35.9 Å². The van der Waals surface area contributed by atoms with E-state index in [0.29, 0.717) is 23.5 Å². The number of hydrogen-bond donors (Lipinski definition) is 5. The molecule has 5 N–H and O–H groups in total. The average Bonchev–Trinajstić information content (AvgIpc) is 2.83. The van der Waals surface area contributed by atoms with Crippen LogP contribution in [0.3, 0.4) is 0 Å². The Morgan fingerprint density at radius 1 is 0.941 bits per heavy atom. The number of phenols is 1. The molecule has 0 aromatic heterocycles. The molecule has 34 heavy (non-hydrogen) atoms. The number of ketones is 1. The normalized spacial score (nSPS) is 24.5. The molecule has 0 radical (unpaired) electrons. The molecule has 1 fully saturated rings. The number of aliphatic hydroxyl groups excluding tert-OH is 4. The van der Waals surface area contributed by atoms with E-state index >= 15 is 0 Å². The third kappa shape index (κ3) is 5.26. The summed E-state index contributed by atoms with van der Waals surface area (Å²) in [5, 5.41) is 50.1. The lowest BCUT2D eigenvalue weighted by Gasteiger charge is -2.39. The van der Waals surface area contributed by atoms with Crippen molar-refractivity contribution in [1.82, 2.24) is 0 Å². The Labute approximate surface area is 196 Å². The quantitative estimate of drug-likeness (QED) is 0.323. The maximum Gasteiger partial charge on any atom is 0.229 e. The number of ether oxygens (including phenoxy) is 4. The Balaban J connectivity index is 1.88. The summed E-state index contributed by atoms with van der Waals surface area (Å²) in [4.78, 5) is 12.5. The number of aliphatic hydroxyl groups is 4. The standard InChI is InChI=1S/C24H30O10/c1-12(26)20-14(6-4-13-5-8-16(31-2)18(10-13)32-3)15(27)7-9-17(20)33-24-23(30)22(29)21(28)19(11-25)34-24/h5,7-10,19,21-25,27-30H,4,6,11H2,1-3H3/t19-,21-,22+,23-,24-/m1/s1. The molecule has 5 atom stereocenters. The summed E-state index contributed by atoms with van der Waals surface area (Å²) in [6, 6.07) is 8.12. The Morgan fingerprint density at radius 2 is 1.62 bits per heavy atom. The van der Waals surface area contributed by atoms with Gasteiger partial charge in [-0.1, -0.05) is 6.07 Å². The van der Waals surface area contributed by atoms with E-state index < -0.39 is 43.1 Å². The van der Waals surface area contributed by atoms with Crippen LogP contribution in [0.5, 0.6) is 23.0 Å². The van der Waals surface area contributed by atoms with Crippen molar-refractivity contribution in [3.05, 3.63) is 47.0 Å². The minimum atomic E-state index is -1.64. The molecule has 0 spiro atoms. The highest BCUT2D eigenvalue weighted by atomic mass is 16.7. The number of methoxy groups -OCH3 is 2. The molecule has 3 rings (SSSR count). The van der Waals surface area contributed by atoms with E-state index in [-0.39, 0.29) is 23.5 Å². The minimum absolute atomic E-state index is 0.0249. The predicted molar refractivity (Wildman–Crippen MR) is 119 cm³/mol. The lowest BCUT2D eigenvalue weighted by atomic mass is 9.95. The van der Waals surface area contributed by atoms with Crippen molar-refractivity contribution in [2.45, 2.75) is 50.5 Å². The fraction of sp³-hybridized carbons (Fsp3) is 0.458. The molecule has 0 bridgehead atoms. The smallest absolute Gasteiger partial charge is 0.229 e. The number of aryl methyl sites for hydroxylation is 1. The highest BCUT2D eigenvalue weighted by Crippen LogP contribution is 2.35. The van der Waals surface area contributed by atoms with Gasteiger partial charge >= 0.3 is 0 Å². The fourth-order valence-electron chi connectivity index (χ4n) is 3.95. The summed E-state index contributed by atoms with van der Waals surface area (Å²) in [5.74, 6) is 0.658. The first kappa shape index (κ1) is 25.7. The number of aromatic hydroxyl groups is 1. The molecule has 0 aliphatic carbocycles. The third-order valence-corrected chi connectivity index (χ3v) is 5.81. The zero-order valence-corrected chi connectivity index (χ0v) is 19.2. The molecule has 10 nitrogen and oxygen atoms in total. The summed E-state index contributed by atoms with van der Waals surface area (Å²) in [7, 11) is 3.07. The van der Waals surface area contributed by atoms with Crippen molar-refractivity contribution >= 4 is 5.78 Å². The molecule has 0 saturated carbocycles. The van der Waals surface area contributed by atoms with E-state index in [9.17, 15) is 30.3 Å². The lowest BCUT2D eigenvalue weighted by molar-refractivity contribution is -0.277. The second kappa shape index (κ2) is 11.0. The van der Waals surface area contributed by atoms with Crippen molar-refractivity contribution in [3.63, 3.8) is 0 Å². The first-order chi connectivity index (χ1) is 16.2. The first-order valence-corrected chi connectivity index (χ1v) is 10.8. The summed E-state index contributed by atoms with van der Waals surface area (Å²) < 4.78 is 21.6. The maximum absolute atomic E-state index is 12.5. The molecule has 2 aromatic rings. The van der Waals surface area contributed by atoms with Crippen LogP contribution >= 0.6 is 0 Å². The van der Waals surface area contributed by atoms with Gasteiger partial charge in [-0.2, -0.15) is 0 Å². The molecule has 1 aliphatic heterocycles. The van der Waals surface area contributed by atoms with Crippen molar-refractivity contribution < 1.29 is 49.3 Å². The van der Waals surface area contributed by atoms with Gasteiger partial charge in [-0.25, -0.2) is 0 Å². The summed E-state index contributed by atoms with van der Waals surface area (Å²) >= 11 is 0. The van der Waals surface area contributed by atoms with Crippen LogP contribution in [-0.4, -0.2) is 82.8 Å². The van der Waals surface area contributed by atoms with Gasteiger partial charge in [-0.15, -0.1) is 0 Å². The van der Waals surface area contributed by atoms with E-state index in [1.54, 1.807) is 12.1 Å². The van der Waals surface area contributed by atoms with Crippen molar-refractivity contribution in [1.29, 1.82) is 0 Å². The number of Topliss-reactive ketones (excluding diaryl/α,β-unsaturated/α-hetero) is 1. The molecule has 0 unspecified atom stereocenters. The number of hydrogen-bond acceptors (Lipinski definition) is 10. The number of carbonyl (C=O) groups is 1. The number of benzene rings is 2. The van der Waals surface area contributed by atoms with Crippen LogP contribution in [0.1, 0.15) is 28.4 Å². The fourth-order valence-corrected chi connectivity index (χ4v) is 3.95. The van der Waals surface area contributed by atoms with Crippen LogP contribution in [0.15, 0.2) is 30.3 Å². The van der Waals surface area contributed by atoms with Crippen molar-refractivity contribution in [2.24, 2.45) is 0 Å². The molecule has 186 valence electrons. The SMILES string of the molecule is COc1ccc(CCc2c(O)ccc(O[C@@H]3O[C@H](CO)[C@@H](O)[C@H](O)[C@H]3O)c2C(C)=O)cc1OC. The number of rotatable bonds is 9. The van der Waals surface area contributed by atoms with Crippen molar-refractivity contribution in [3.8, 4) is 23.0 Å². The topological polar surface area (TPSA) is 155 Å². The second-order valence-corrected chi connectivity index (χ2v) is 8.00. The molecule has 2 aromatic carbocycles. The van der Waals surface area contributed by atoms with Gasteiger partial charge in [-0.05, 0) is 49.6 Å². The minimum Gasteiger partial charge on any atom is -0.508 e. The van der Waals surface area contributed by atoms with Gasteiger partial charge in [0.05, 0.1) is 26.4 Å². The third-order valence-electron chi connectivity index (χ3n) is 5.81. The first-order valence-electron chi connectivity index (χ1n) is 10.8. The van der Waals surface area contributed by atoms with Gasteiger partial charge in [0.25, 0.3) is 0 Å². The van der Waals surface area contributed by atoms with Crippen LogP contribution < -0.4 is 14.2 Å². The number of phenolic OH excluding ortho intramolecular Hbond substituents is 1. The van der Waals surface area contributed by atoms with Gasteiger partial charge in [0.2, 0.25) is 6.29 Å². The molecular formula is C24H30O10. The molecule has 0 amide bonds. The second-order valence-electron chi connectivity index (χ2n) is 8.00. The largest absolute Gasteiger partial charge is 0.508 e. The van der Waals surface area contributed by atoms with Crippen LogP contribution in [0.4, 0.5) is 0 Å². The summed E-state index contributed by atoms with van der Waals surface area (Å²) in [5.41, 5.74) is 1.31. The average molecular weight is 478 g/mol. The Bertz CT molecular complexity index is 1010. The number of carbonyl (C=O) groups excluding carboxylic acids is 1. The molecule has 1 saturated heterocycles. The van der Waals surface area contributed by atoms with Crippen LogP contribution in [0.25, 0.3) is 0 Å². The Hall–Kier alpha value is -2.89. The molecular weight excluding hydrogens is 448 g/mol. The molecule has 1 heterocycles. The molecule has 1 aliphatic rings. The van der Waals surface area contributed by atoms with Crippen LogP contribution in [0.2, 0.25) is 0 Å². The van der Waals surface area contributed by atoms with Gasteiger partial charge in [-0.3, -0.25) is 4.79 Å². The molecule has 10 heteroatoms. The zero-order valence-electron chi connectivity index (χ0n) is 19.2. The van der Waals surface area contributed by atoms with E-state index in [0.717, 1.165) is 5.56 Å². The zero-order chi connectivity index (χ0) is 25.0. The van der Waals surface area contributed by atoms with Crippen LogP contribution in [0, 0.1) is 0 Å². The maximum atomic E-state index is 12.5. The van der Waals surface area contributed by atoms with Gasteiger partial charge in [0.15, 0.2) is 17.3 Å². The van der Waals surface area contributed by atoms with Crippen molar-refractivity contribution in [2.75, 3.05) is 20.8 Å². The van der Waals surface area contributed by atoms with Gasteiger partial charge < -0.3 is 44.5 Å². The highest BCUT2D eigenvalue weighted by molar-refractivity contribution is 5.99. The Kier molecular flexibility index (Phi) is 8.34. The van der Waals surface area contributed by atoms with Gasteiger partial charge in [0, 0.05) is 5.56 Å². The summed E-state index contributed by atoms with van der Waals surface area (Å²) in [6.07, 6.45) is -6.69. The predicted octanol–water partition coefficient (Wildman–Crippen LogP) is 0.576. The lowest BCUT2D eigenvalue weighted by Crippen LogP contribution is -2.60.